The number of anilines is 1. The third-order valence-corrected chi connectivity index (χ3v) is 4.53. The van der Waals surface area contributed by atoms with Crippen LogP contribution in [0.1, 0.15) is 47.9 Å². The Morgan fingerprint density at radius 2 is 1.91 bits per heavy atom. The molecule has 2 heterocycles. The van der Waals surface area contributed by atoms with Gasteiger partial charge in [-0.25, -0.2) is 15.0 Å². The van der Waals surface area contributed by atoms with Crippen LogP contribution in [0, 0.1) is 13.8 Å². The Balaban J connectivity index is 2.09. The molecule has 0 radical (unpaired) electrons. The van der Waals surface area contributed by atoms with Gasteiger partial charge in [-0.1, -0.05) is 20.8 Å². The van der Waals surface area contributed by atoms with E-state index in [0.717, 1.165) is 41.0 Å². The van der Waals surface area contributed by atoms with Crippen LogP contribution in [-0.4, -0.2) is 28.6 Å². The summed E-state index contributed by atoms with van der Waals surface area (Å²) in [6, 6.07) is 1.96. The van der Waals surface area contributed by atoms with Gasteiger partial charge < -0.3 is 10.1 Å². The van der Waals surface area contributed by atoms with E-state index in [1.807, 2.05) is 13.0 Å². The molecule has 0 aliphatic rings. The Bertz CT molecular complexity index is 661. The summed E-state index contributed by atoms with van der Waals surface area (Å²) >= 11 is 1.76. The summed E-state index contributed by atoms with van der Waals surface area (Å²) < 4.78 is 5.22. The number of rotatable bonds is 6. The van der Waals surface area contributed by atoms with Gasteiger partial charge in [-0.15, -0.1) is 11.3 Å². The first kappa shape index (κ1) is 17.8. The highest BCUT2D eigenvalue weighted by atomic mass is 32.1. The number of nitrogens with zero attached hydrogens (tertiary/aromatic N) is 3. The fourth-order valence-corrected chi connectivity index (χ4v) is 3.19. The van der Waals surface area contributed by atoms with Gasteiger partial charge in [-0.3, -0.25) is 0 Å². The van der Waals surface area contributed by atoms with Gasteiger partial charge in [0.25, 0.3) is 0 Å². The van der Waals surface area contributed by atoms with Crippen LogP contribution in [0.15, 0.2) is 6.07 Å². The fourth-order valence-electron chi connectivity index (χ4n) is 2.25. The molecule has 2 rings (SSSR count). The maximum Gasteiger partial charge on any atom is 0.136 e. The molecule has 0 unspecified atom stereocenters. The van der Waals surface area contributed by atoms with Crippen molar-refractivity contribution in [1.29, 1.82) is 0 Å². The van der Waals surface area contributed by atoms with Gasteiger partial charge in [0.15, 0.2) is 0 Å². The molecular weight excluding hydrogens is 308 g/mol. The van der Waals surface area contributed by atoms with Gasteiger partial charge in [0, 0.05) is 36.4 Å². The third-order valence-electron chi connectivity index (χ3n) is 3.40. The fraction of sp³-hybridized carbons (Fsp3) is 0.588. The van der Waals surface area contributed by atoms with Crippen molar-refractivity contribution in [2.75, 3.05) is 19.0 Å². The molecule has 0 spiro atoms. The molecule has 2 aromatic rings. The van der Waals surface area contributed by atoms with Gasteiger partial charge in [0.2, 0.25) is 0 Å². The number of nitrogens with one attached hydrogen (secondary N) is 1. The van der Waals surface area contributed by atoms with E-state index < -0.39 is 0 Å². The van der Waals surface area contributed by atoms with Crippen molar-refractivity contribution in [1.82, 2.24) is 15.0 Å². The highest BCUT2D eigenvalue weighted by Crippen LogP contribution is 2.21. The predicted octanol–water partition coefficient (Wildman–Crippen LogP) is 3.65. The average Bonchev–Trinajstić information content (AvgIpc) is 2.76. The zero-order valence-electron chi connectivity index (χ0n) is 14.9. The van der Waals surface area contributed by atoms with Gasteiger partial charge in [-0.05, 0) is 13.8 Å². The Morgan fingerprint density at radius 1 is 1.17 bits per heavy atom. The topological polar surface area (TPSA) is 59.9 Å². The van der Waals surface area contributed by atoms with Crippen molar-refractivity contribution >= 4 is 17.2 Å². The van der Waals surface area contributed by atoms with Gasteiger partial charge in [0.05, 0.1) is 23.0 Å². The predicted molar refractivity (Wildman–Crippen MR) is 95.2 cm³/mol. The van der Waals surface area contributed by atoms with Crippen molar-refractivity contribution in [2.24, 2.45) is 0 Å². The lowest BCUT2D eigenvalue weighted by molar-refractivity contribution is 0.181. The molecule has 0 fully saturated rings. The number of hydrogen-bond donors (Lipinski definition) is 1. The second-order valence-electron chi connectivity index (χ2n) is 6.67. The summed E-state index contributed by atoms with van der Waals surface area (Å²) in [6.45, 7) is 11.8. The van der Waals surface area contributed by atoms with E-state index in [9.17, 15) is 0 Å². The summed E-state index contributed by atoms with van der Waals surface area (Å²) in [4.78, 5) is 15.1. The van der Waals surface area contributed by atoms with Gasteiger partial charge in [0.1, 0.15) is 11.6 Å². The number of thiazole rings is 1. The van der Waals surface area contributed by atoms with Crippen molar-refractivity contribution < 1.29 is 4.74 Å². The Labute approximate surface area is 142 Å². The van der Waals surface area contributed by atoms with Crippen molar-refractivity contribution in [2.45, 2.75) is 53.1 Å². The first-order valence-corrected chi connectivity index (χ1v) is 8.65. The molecule has 0 amide bonds. The minimum Gasteiger partial charge on any atom is -0.378 e. The van der Waals surface area contributed by atoms with Crippen molar-refractivity contribution in [3.05, 3.63) is 33.2 Å². The van der Waals surface area contributed by atoms with E-state index in [2.05, 4.69) is 48.0 Å². The Hall–Kier alpha value is -1.53. The number of ether oxygens (including phenoxy) is 1. The van der Waals surface area contributed by atoms with Crippen LogP contribution < -0.4 is 5.32 Å². The summed E-state index contributed by atoms with van der Waals surface area (Å²) in [6.07, 6.45) is 0.950. The highest BCUT2D eigenvalue weighted by molar-refractivity contribution is 7.11. The minimum absolute atomic E-state index is 0.0917. The van der Waals surface area contributed by atoms with E-state index in [1.54, 1.807) is 18.4 Å². The van der Waals surface area contributed by atoms with Crippen LogP contribution in [0.2, 0.25) is 0 Å². The third kappa shape index (κ3) is 4.97. The number of hydrogen-bond acceptors (Lipinski definition) is 6. The quantitative estimate of drug-likeness (QED) is 0.874. The molecular formula is C17H26N4OS. The summed E-state index contributed by atoms with van der Waals surface area (Å²) in [5, 5.41) is 4.54. The molecule has 23 heavy (non-hydrogen) atoms. The van der Waals surface area contributed by atoms with E-state index in [0.29, 0.717) is 6.61 Å². The van der Waals surface area contributed by atoms with Crippen molar-refractivity contribution in [3.8, 4) is 0 Å². The highest BCUT2D eigenvalue weighted by Gasteiger charge is 2.19. The van der Waals surface area contributed by atoms with E-state index >= 15 is 0 Å². The molecule has 1 N–H and O–H groups in total. The van der Waals surface area contributed by atoms with E-state index in [4.69, 9.17) is 4.74 Å². The van der Waals surface area contributed by atoms with Gasteiger partial charge in [-0.2, -0.15) is 0 Å². The second kappa shape index (κ2) is 7.36. The smallest absolute Gasteiger partial charge is 0.136 e. The van der Waals surface area contributed by atoms with Crippen LogP contribution >= 0.6 is 11.3 Å². The molecule has 0 saturated heterocycles. The van der Waals surface area contributed by atoms with Crippen LogP contribution in [0.25, 0.3) is 0 Å². The number of aromatic nitrogens is 3. The lowest BCUT2D eigenvalue weighted by Gasteiger charge is -2.19. The number of methoxy groups -OCH3 is 1. The zero-order chi connectivity index (χ0) is 17.0. The monoisotopic (exact) mass is 334 g/mol. The Kier molecular flexibility index (Phi) is 5.70. The van der Waals surface area contributed by atoms with Crippen LogP contribution in [-0.2, 0) is 23.2 Å². The molecule has 126 valence electrons. The standard InChI is InChI=1S/C17H26N4OS/c1-11-14(23-12(2)19-11)7-8-18-15-9-13(10-22-6)20-16(21-15)17(3,4)5/h9H,7-8,10H2,1-6H3,(H,18,20,21). The summed E-state index contributed by atoms with van der Waals surface area (Å²) in [7, 11) is 1.68. The molecule has 0 aromatic carbocycles. The van der Waals surface area contributed by atoms with Crippen LogP contribution in [0.5, 0.6) is 0 Å². The van der Waals surface area contributed by atoms with Gasteiger partial charge >= 0.3 is 0 Å². The van der Waals surface area contributed by atoms with Crippen molar-refractivity contribution in [3.63, 3.8) is 0 Å². The maximum atomic E-state index is 5.22. The minimum atomic E-state index is -0.0917. The molecule has 0 atom stereocenters. The SMILES string of the molecule is COCc1cc(NCCc2sc(C)nc2C)nc(C(C)(C)C)n1. The number of aryl methyl sites for hydroxylation is 2. The molecule has 6 heteroatoms. The second-order valence-corrected chi connectivity index (χ2v) is 7.96. The largest absolute Gasteiger partial charge is 0.378 e. The zero-order valence-corrected chi connectivity index (χ0v) is 15.7. The first-order valence-electron chi connectivity index (χ1n) is 7.83. The van der Waals surface area contributed by atoms with E-state index in [1.165, 1.54) is 4.88 Å². The van der Waals surface area contributed by atoms with Crippen LogP contribution in [0.4, 0.5) is 5.82 Å². The molecule has 0 saturated carbocycles. The Morgan fingerprint density at radius 3 is 2.48 bits per heavy atom. The normalized spacial score (nSPS) is 11.7. The lowest BCUT2D eigenvalue weighted by Crippen LogP contribution is -2.19. The molecule has 0 bridgehead atoms. The molecule has 0 aliphatic carbocycles. The molecule has 0 aliphatic heterocycles. The van der Waals surface area contributed by atoms with Crippen LogP contribution in [0.3, 0.4) is 0 Å². The maximum absolute atomic E-state index is 5.22. The average molecular weight is 334 g/mol. The molecule has 5 nitrogen and oxygen atoms in total. The summed E-state index contributed by atoms with van der Waals surface area (Å²) in [5.41, 5.74) is 1.94. The lowest BCUT2D eigenvalue weighted by atomic mass is 9.95. The summed E-state index contributed by atoms with van der Waals surface area (Å²) in [5.74, 6) is 1.69. The van der Waals surface area contributed by atoms with E-state index in [-0.39, 0.29) is 5.41 Å². The molecule has 2 aromatic heterocycles. The first-order chi connectivity index (χ1) is 10.8.